The lowest BCUT2D eigenvalue weighted by Gasteiger charge is -2.08. The number of rotatable bonds is 5. The molecule has 4 aromatic heterocycles. The van der Waals surface area contributed by atoms with Gasteiger partial charge in [0.1, 0.15) is 11.5 Å². The number of halogens is 1. The largest absolute Gasteiger partial charge is 0.481 e. The SMILES string of the molecule is COc1cccc(Cn2nc(C)c3c(NC(=O)c4csc5c(Cl)ncnc45)cccc32)n1. The topological polar surface area (TPSA) is 94.8 Å². The van der Waals surface area contributed by atoms with Crippen molar-refractivity contribution in [3.8, 4) is 5.88 Å². The summed E-state index contributed by atoms with van der Waals surface area (Å²) in [4.78, 5) is 25.7. The Labute approximate surface area is 191 Å². The van der Waals surface area contributed by atoms with E-state index in [9.17, 15) is 4.79 Å². The lowest BCUT2D eigenvalue weighted by Crippen LogP contribution is -2.12. The highest BCUT2D eigenvalue weighted by atomic mass is 35.5. The fourth-order valence-corrected chi connectivity index (χ4v) is 4.78. The highest BCUT2D eigenvalue weighted by Crippen LogP contribution is 2.31. The molecule has 0 spiro atoms. The van der Waals surface area contributed by atoms with Crippen LogP contribution in [-0.2, 0) is 6.54 Å². The van der Waals surface area contributed by atoms with Crippen molar-refractivity contribution in [1.29, 1.82) is 0 Å². The molecule has 5 aromatic rings. The van der Waals surface area contributed by atoms with E-state index in [1.165, 1.54) is 17.7 Å². The molecule has 1 amide bonds. The second kappa shape index (κ2) is 8.18. The monoisotopic (exact) mass is 464 g/mol. The van der Waals surface area contributed by atoms with Gasteiger partial charge in [0.15, 0.2) is 0 Å². The van der Waals surface area contributed by atoms with E-state index in [1.807, 2.05) is 41.9 Å². The first-order valence-corrected chi connectivity index (χ1v) is 11.0. The maximum absolute atomic E-state index is 13.1. The van der Waals surface area contributed by atoms with Gasteiger partial charge in [0.25, 0.3) is 5.91 Å². The molecule has 0 radical (unpaired) electrons. The van der Waals surface area contributed by atoms with Gasteiger partial charge in [0.2, 0.25) is 5.88 Å². The van der Waals surface area contributed by atoms with E-state index >= 15 is 0 Å². The molecule has 0 aliphatic carbocycles. The zero-order valence-corrected chi connectivity index (χ0v) is 18.7. The quantitative estimate of drug-likeness (QED) is 0.378. The van der Waals surface area contributed by atoms with Crippen molar-refractivity contribution in [2.24, 2.45) is 0 Å². The number of aryl methyl sites for hydroxylation is 1. The van der Waals surface area contributed by atoms with Crippen LogP contribution in [0.2, 0.25) is 5.15 Å². The van der Waals surface area contributed by atoms with Gasteiger partial charge in [-0.2, -0.15) is 5.10 Å². The number of ether oxygens (including phenoxy) is 1. The number of amides is 1. The van der Waals surface area contributed by atoms with Crippen molar-refractivity contribution in [1.82, 2.24) is 24.7 Å². The maximum atomic E-state index is 13.1. The minimum Gasteiger partial charge on any atom is -0.481 e. The van der Waals surface area contributed by atoms with E-state index in [2.05, 4.69) is 25.4 Å². The molecule has 0 unspecified atom stereocenters. The van der Waals surface area contributed by atoms with Gasteiger partial charge in [-0.25, -0.2) is 15.0 Å². The Morgan fingerprint density at radius 2 is 2.06 bits per heavy atom. The standard InChI is InChI=1S/C22H17ClN6O2S/c1-12-18-15(27-22(30)14-10-32-20-19(14)24-11-25-21(20)23)6-4-7-16(18)29(28-12)9-13-5-3-8-17(26-13)31-2/h3-8,10-11H,9H2,1-2H3,(H,27,30). The van der Waals surface area contributed by atoms with E-state index in [-0.39, 0.29) is 5.91 Å². The fourth-order valence-electron chi connectivity index (χ4n) is 3.63. The molecule has 1 aromatic carbocycles. The average Bonchev–Trinajstić information content (AvgIpc) is 3.37. The minimum absolute atomic E-state index is 0.264. The third-order valence-electron chi connectivity index (χ3n) is 5.06. The number of methoxy groups -OCH3 is 1. The molecule has 0 aliphatic heterocycles. The summed E-state index contributed by atoms with van der Waals surface area (Å²) in [7, 11) is 1.59. The number of hydrogen-bond donors (Lipinski definition) is 1. The number of nitrogens with zero attached hydrogens (tertiary/aromatic N) is 5. The molecule has 0 fully saturated rings. The van der Waals surface area contributed by atoms with Gasteiger partial charge in [0, 0.05) is 16.8 Å². The molecule has 0 bridgehead atoms. The number of pyridine rings is 1. The fraction of sp³-hybridized carbons (Fsp3) is 0.136. The lowest BCUT2D eigenvalue weighted by molar-refractivity contribution is 0.102. The average molecular weight is 465 g/mol. The Kier molecular flexibility index (Phi) is 5.20. The number of aromatic nitrogens is 5. The van der Waals surface area contributed by atoms with Gasteiger partial charge in [0.05, 0.1) is 52.0 Å². The molecule has 0 saturated heterocycles. The Morgan fingerprint density at radius 3 is 2.91 bits per heavy atom. The van der Waals surface area contributed by atoms with Crippen molar-refractivity contribution < 1.29 is 9.53 Å². The highest BCUT2D eigenvalue weighted by Gasteiger charge is 2.19. The van der Waals surface area contributed by atoms with E-state index in [4.69, 9.17) is 16.3 Å². The van der Waals surface area contributed by atoms with Gasteiger partial charge in [-0.05, 0) is 25.1 Å². The number of fused-ring (bicyclic) bond motifs is 2. The maximum Gasteiger partial charge on any atom is 0.258 e. The number of benzene rings is 1. The van der Waals surface area contributed by atoms with Crippen LogP contribution < -0.4 is 10.1 Å². The molecule has 5 rings (SSSR count). The molecule has 160 valence electrons. The van der Waals surface area contributed by atoms with E-state index in [0.29, 0.717) is 39.0 Å². The van der Waals surface area contributed by atoms with Crippen LogP contribution in [0.15, 0.2) is 48.1 Å². The van der Waals surface area contributed by atoms with Crippen molar-refractivity contribution in [3.63, 3.8) is 0 Å². The molecule has 0 atom stereocenters. The molecule has 0 saturated carbocycles. The van der Waals surface area contributed by atoms with Gasteiger partial charge in [-0.15, -0.1) is 11.3 Å². The summed E-state index contributed by atoms with van der Waals surface area (Å²) in [6.45, 7) is 2.39. The van der Waals surface area contributed by atoms with Crippen molar-refractivity contribution in [2.75, 3.05) is 12.4 Å². The summed E-state index contributed by atoms with van der Waals surface area (Å²) >= 11 is 7.47. The third-order valence-corrected chi connectivity index (χ3v) is 6.43. The van der Waals surface area contributed by atoms with Gasteiger partial charge >= 0.3 is 0 Å². The van der Waals surface area contributed by atoms with Gasteiger partial charge < -0.3 is 10.1 Å². The Bertz CT molecular complexity index is 1480. The van der Waals surface area contributed by atoms with Gasteiger partial charge in [-0.3, -0.25) is 9.48 Å². The Hall–Kier alpha value is -3.56. The van der Waals surface area contributed by atoms with E-state index in [1.54, 1.807) is 18.6 Å². The van der Waals surface area contributed by atoms with Crippen molar-refractivity contribution in [3.05, 3.63) is 70.2 Å². The number of carbonyl (C=O) groups is 1. The first kappa shape index (κ1) is 20.3. The number of anilines is 1. The van der Waals surface area contributed by atoms with Crippen molar-refractivity contribution in [2.45, 2.75) is 13.5 Å². The Balaban J connectivity index is 1.49. The summed E-state index contributed by atoms with van der Waals surface area (Å²) in [5.41, 5.74) is 4.19. The van der Waals surface area contributed by atoms with Crippen LogP contribution in [0, 0.1) is 6.92 Å². The van der Waals surface area contributed by atoms with Crippen LogP contribution in [0.4, 0.5) is 5.69 Å². The number of hydrogen-bond acceptors (Lipinski definition) is 7. The van der Waals surface area contributed by atoms with Gasteiger partial charge in [-0.1, -0.05) is 23.7 Å². The lowest BCUT2D eigenvalue weighted by atomic mass is 10.1. The molecule has 1 N–H and O–H groups in total. The number of nitrogens with one attached hydrogen (secondary N) is 1. The molecule has 32 heavy (non-hydrogen) atoms. The normalized spacial score (nSPS) is 11.2. The van der Waals surface area contributed by atoms with Crippen molar-refractivity contribution >= 4 is 55.7 Å². The molecule has 0 aliphatic rings. The second-order valence-electron chi connectivity index (χ2n) is 7.06. The number of thiophene rings is 1. The highest BCUT2D eigenvalue weighted by molar-refractivity contribution is 7.18. The predicted octanol–water partition coefficient (Wildman–Crippen LogP) is 4.71. The summed E-state index contributed by atoms with van der Waals surface area (Å²) in [5, 5.41) is 10.6. The van der Waals surface area contributed by atoms with Crippen LogP contribution in [0.5, 0.6) is 5.88 Å². The first-order valence-electron chi connectivity index (χ1n) is 9.70. The molecule has 10 heteroatoms. The first-order chi connectivity index (χ1) is 15.5. The van der Waals surface area contributed by atoms with Crippen LogP contribution in [0.1, 0.15) is 21.7 Å². The summed E-state index contributed by atoms with van der Waals surface area (Å²) < 4.78 is 7.77. The zero-order chi connectivity index (χ0) is 22.2. The predicted molar refractivity (Wildman–Crippen MR) is 125 cm³/mol. The van der Waals surface area contributed by atoms with Crippen LogP contribution >= 0.6 is 22.9 Å². The zero-order valence-electron chi connectivity index (χ0n) is 17.2. The number of carbonyl (C=O) groups excluding carboxylic acids is 1. The minimum atomic E-state index is -0.264. The summed E-state index contributed by atoms with van der Waals surface area (Å²) in [6.07, 6.45) is 1.36. The smallest absolute Gasteiger partial charge is 0.258 e. The summed E-state index contributed by atoms with van der Waals surface area (Å²) in [6, 6.07) is 11.3. The van der Waals surface area contributed by atoms with E-state index in [0.717, 1.165) is 22.3 Å². The van der Waals surface area contributed by atoms with Crippen LogP contribution in [0.3, 0.4) is 0 Å². The van der Waals surface area contributed by atoms with E-state index < -0.39 is 0 Å². The third kappa shape index (κ3) is 3.55. The second-order valence-corrected chi connectivity index (χ2v) is 8.30. The summed E-state index contributed by atoms with van der Waals surface area (Å²) in [5.74, 6) is 0.288. The molecule has 8 nitrogen and oxygen atoms in total. The molecular formula is C22H17ClN6O2S. The molecule has 4 heterocycles. The van der Waals surface area contributed by atoms with Crippen LogP contribution in [0.25, 0.3) is 21.1 Å². The molecular weight excluding hydrogens is 448 g/mol. The Morgan fingerprint density at radius 1 is 1.22 bits per heavy atom. The van der Waals surface area contributed by atoms with Crippen LogP contribution in [-0.4, -0.2) is 37.7 Å².